The maximum absolute atomic E-state index is 10.5. The van der Waals surface area contributed by atoms with Gasteiger partial charge >= 0.3 is 0 Å². The third-order valence-corrected chi connectivity index (χ3v) is 2.32. The summed E-state index contributed by atoms with van der Waals surface area (Å²) in [5, 5.41) is 10.5. The molecule has 74 valence electrons. The molecule has 0 unspecified atom stereocenters. The largest absolute Gasteiger partial charge is 0.365 e. The fourth-order valence-electron chi connectivity index (χ4n) is 1.58. The van der Waals surface area contributed by atoms with Crippen molar-refractivity contribution in [2.75, 3.05) is 0 Å². The number of nitrogens with zero attached hydrogens (tertiary/aromatic N) is 2. The molecule has 0 spiro atoms. The molecule has 2 rings (SSSR count). The number of nitro groups is 1. The minimum absolute atomic E-state index is 0.0186. The summed E-state index contributed by atoms with van der Waals surface area (Å²) in [5.41, 5.74) is 1.20. The Morgan fingerprint density at radius 1 is 1.64 bits per heavy atom. The third kappa shape index (κ3) is 1.26. The van der Waals surface area contributed by atoms with E-state index in [1.807, 2.05) is 13.8 Å². The maximum atomic E-state index is 10.5. The summed E-state index contributed by atoms with van der Waals surface area (Å²) in [5.74, 6) is 0. The second kappa shape index (κ2) is 2.75. The minimum Gasteiger partial charge on any atom is -0.365 e. The first-order chi connectivity index (χ1) is 6.50. The summed E-state index contributed by atoms with van der Waals surface area (Å²) in [6, 6.07) is 1.52. The van der Waals surface area contributed by atoms with Crippen molar-refractivity contribution in [2.24, 2.45) is 0 Å². The average Bonchev–Trinajstić information content (AvgIpc) is 2.42. The maximum Gasteiger partial charge on any atom is 0.287 e. The molecule has 0 bridgehead atoms. The van der Waals surface area contributed by atoms with Crippen molar-refractivity contribution in [1.29, 1.82) is 0 Å². The molecule has 1 aliphatic heterocycles. The van der Waals surface area contributed by atoms with Gasteiger partial charge in [0, 0.05) is 11.6 Å². The van der Waals surface area contributed by atoms with Gasteiger partial charge in [-0.25, -0.2) is 0 Å². The Morgan fingerprint density at radius 3 is 3.00 bits per heavy atom. The molecule has 0 fully saturated rings. The van der Waals surface area contributed by atoms with E-state index in [1.54, 1.807) is 0 Å². The Hall–Kier alpha value is -1.49. The molecule has 0 N–H and O–H groups in total. The van der Waals surface area contributed by atoms with Crippen molar-refractivity contribution in [1.82, 2.24) is 4.98 Å². The van der Waals surface area contributed by atoms with Gasteiger partial charge in [-0.15, -0.1) is 0 Å². The summed E-state index contributed by atoms with van der Waals surface area (Å²) in [6.45, 7) is 4.20. The van der Waals surface area contributed by atoms with E-state index in [0.29, 0.717) is 6.61 Å². The van der Waals surface area contributed by atoms with Gasteiger partial charge in [0.05, 0.1) is 17.2 Å². The predicted molar refractivity (Wildman–Crippen MR) is 48.7 cm³/mol. The van der Waals surface area contributed by atoms with Crippen molar-refractivity contribution in [3.8, 4) is 0 Å². The zero-order chi connectivity index (χ0) is 10.3. The lowest BCUT2D eigenvalue weighted by Gasteiger charge is -2.16. The highest BCUT2D eigenvalue weighted by Gasteiger charge is 2.33. The van der Waals surface area contributed by atoms with Crippen LogP contribution in [0, 0.1) is 10.1 Å². The molecule has 14 heavy (non-hydrogen) atoms. The minimum atomic E-state index is -0.446. The van der Waals surface area contributed by atoms with E-state index in [2.05, 4.69) is 4.98 Å². The van der Waals surface area contributed by atoms with E-state index in [1.165, 1.54) is 12.3 Å². The second-order valence-electron chi connectivity index (χ2n) is 3.76. The SMILES string of the molecule is CC1(C)OCc2cc([N+](=O)[O-])cnc21. The Balaban J connectivity index is 2.49. The van der Waals surface area contributed by atoms with E-state index in [9.17, 15) is 10.1 Å². The molecule has 5 heteroatoms. The molecule has 5 nitrogen and oxygen atoms in total. The molecule has 1 aliphatic rings. The number of aromatic nitrogens is 1. The normalized spacial score (nSPS) is 17.9. The zero-order valence-electron chi connectivity index (χ0n) is 7.98. The van der Waals surface area contributed by atoms with Crippen LogP contribution < -0.4 is 0 Å². The topological polar surface area (TPSA) is 65.3 Å². The second-order valence-corrected chi connectivity index (χ2v) is 3.76. The van der Waals surface area contributed by atoms with Gasteiger partial charge in [-0.05, 0) is 13.8 Å². The molecule has 0 aliphatic carbocycles. The first kappa shape index (κ1) is 9.08. The lowest BCUT2D eigenvalue weighted by Crippen LogP contribution is -2.16. The molecule has 0 amide bonds. The smallest absolute Gasteiger partial charge is 0.287 e. The average molecular weight is 194 g/mol. The number of pyridine rings is 1. The lowest BCUT2D eigenvalue weighted by molar-refractivity contribution is -0.385. The quantitative estimate of drug-likeness (QED) is 0.504. The van der Waals surface area contributed by atoms with Crippen LogP contribution in [-0.2, 0) is 16.9 Å². The highest BCUT2D eigenvalue weighted by Crippen LogP contribution is 2.35. The van der Waals surface area contributed by atoms with Crippen molar-refractivity contribution >= 4 is 5.69 Å². The molecule has 1 aromatic rings. The van der Waals surface area contributed by atoms with Crippen LogP contribution in [0.2, 0.25) is 0 Å². The van der Waals surface area contributed by atoms with Crippen LogP contribution >= 0.6 is 0 Å². The van der Waals surface area contributed by atoms with E-state index >= 15 is 0 Å². The molecular formula is C9H10N2O3. The summed E-state index contributed by atoms with van der Waals surface area (Å²) in [4.78, 5) is 14.1. The van der Waals surface area contributed by atoms with Crippen LogP contribution in [0.3, 0.4) is 0 Å². The predicted octanol–water partition coefficient (Wildman–Crippen LogP) is 1.76. The van der Waals surface area contributed by atoms with Crippen LogP contribution in [0.1, 0.15) is 25.1 Å². The Kier molecular flexibility index (Phi) is 1.78. The van der Waals surface area contributed by atoms with Crippen molar-refractivity contribution in [3.63, 3.8) is 0 Å². The lowest BCUT2D eigenvalue weighted by atomic mass is 10.0. The van der Waals surface area contributed by atoms with Crippen LogP contribution in [0.5, 0.6) is 0 Å². The van der Waals surface area contributed by atoms with Gasteiger partial charge in [-0.3, -0.25) is 15.1 Å². The van der Waals surface area contributed by atoms with Gasteiger partial charge in [0.1, 0.15) is 11.8 Å². The highest BCUT2D eigenvalue weighted by molar-refractivity contribution is 5.37. The Bertz CT molecular complexity index is 401. The number of hydrogen-bond donors (Lipinski definition) is 0. The highest BCUT2D eigenvalue weighted by atomic mass is 16.6. The standard InChI is InChI=1S/C9H10N2O3/c1-9(2)8-6(5-14-9)3-7(4-10-8)11(12)13/h3-4H,5H2,1-2H3. The van der Waals surface area contributed by atoms with Gasteiger partial charge in [0.15, 0.2) is 0 Å². The third-order valence-electron chi connectivity index (χ3n) is 2.32. The van der Waals surface area contributed by atoms with Crippen LogP contribution in [0.4, 0.5) is 5.69 Å². The van der Waals surface area contributed by atoms with E-state index in [4.69, 9.17) is 4.74 Å². The monoisotopic (exact) mass is 194 g/mol. The molecule has 0 saturated carbocycles. The van der Waals surface area contributed by atoms with E-state index < -0.39 is 10.5 Å². The van der Waals surface area contributed by atoms with Crippen LogP contribution in [0.25, 0.3) is 0 Å². The molecule has 2 heterocycles. The van der Waals surface area contributed by atoms with Crippen molar-refractivity contribution < 1.29 is 9.66 Å². The van der Waals surface area contributed by atoms with Crippen LogP contribution in [-0.4, -0.2) is 9.91 Å². The first-order valence-electron chi connectivity index (χ1n) is 4.28. The zero-order valence-corrected chi connectivity index (χ0v) is 7.98. The summed E-state index contributed by atoms with van der Waals surface area (Å²) in [7, 11) is 0. The number of ether oxygens (including phenoxy) is 1. The van der Waals surface area contributed by atoms with E-state index in [0.717, 1.165) is 11.3 Å². The molecule has 1 aromatic heterocycles. The molecule has 0 aromatic carbocycles. The van der Waals surface area contributed by atoms with Crippen LogP contribution in [0.15, 0.2) is 12.3 Å². The fraction of sp³-hybridized carbons (Fsp3) is 0.444. The number of fused-ring (bicyclic) bond motifs is 1. The Morgan fingerprint density at radius 2 is 2.36 bits per heavy atom. The van der Waals surface area contributed by atoms with Gasteiger partial charge in [-0.2, -0.15) is 0 Å². The van der Waals surface area contributed by atoms with Gasteiger partial charge < -0.3 is 4.74 Å². The van der Waals surface area contributed by atoms with Gasteiger partial charge in [-0.1, -0.05) is 0 Å². The van der Waals surface area contributed by atoms with Crippen molar-refractivity contribution in [3.05, 3.63) is 33.6 Å². The fourth-order valence-corrected chi connectivity index (χ4v) is 1.58. The van der Waals surface area contributed by atoms with E-state index in [-0.39, 0.29) is 5.69 Å². The van der Waals surface area contributed by atoms with Gasteiger partial charge in [0.25, 0.3) is 5.69 Å². The molecule has 0 atom stereocenters. The molecule has 0 saturated heterocycles. The molecular weight excluding hydrogens is 184 g/mol. The Labute approximate surface area is 80.9 Å². The summed E-state index contributed by atoms with van der Waals surface area (Å²) < 4.78 is 5.46. The number of rotatable bonds is 1. The molecule has 0 radical (unpaired) electrons. The number of hydrogen-bond acceptors (Lipinski definition) is 4. The van der Waals surface area contributed by atoms with Crippen molar-refractivity contribution in [2.45, 2.75) is 26.1 Å². The summed E-state index contributed by atoms with van der Waals surface area (Å²) >= 11 is 0. The summed E-state index contributed by atoms with van der Waals surface area (Å²) in [6.07, 6.45) is 1.27. The van der Waals surface area contributed by atoms with Gasteiger partial charge in [0.2, 0.25) is 0 Å². The first-order valence-corrected chi connectivity index (χ1v) is 4.28.